The normalized spacial score (nSPS) is 10.7. The number of anilines is 1. The van der Waals surface area contributed by atoms with Crippen molar-refractivity contribution >= 4 is 27.5 Å². The van der Waals surface area contributed by atoms with E-state index in [1.807, 2.05) is 37.4 Å². The van der Waals surface area contributed by atoms with E-state index >= 15 is 0 Å². The number of carbonyl (C=O) groups is 1. The highest BCUT2D eigenvalue weighted by atomic mass is 79.9. The maximum atomic E-state index is 12.5. The largest absolute Gasteiger partial charge is 0.320 e. The van der Waals surface area contributed by atoms with Crippen LogP contribution in [-0.2, 0) is 7.05 Å². The van der Waals surface area contributed by atoms with E-state index in [9.17, 15) is 4.79 Å². The van der Waals surface area contributed by atoms with E-state index in [1.54, 1.807) is 4.68 Å². The van der Waals surface area contributed by atoms with Crippen LogP contribution in [0.25, 0.3) is 11.3 Å². The summed E-state index contributed by atoms with van der Waals surface area (Å²) < 4.78 is 2.57. The summed E-state index contributed by atoms with van der Waals surface area (Å²) in [4.78, 5) is 12.5. The van der Waals surface area contributed by atoms with Crippen molar-refractivity contribution in [2.24, 2.45) is 7.05 Å². The van der Waals surface area contributed by atoms with Gasteiger partial charge in [0.25, 0.3) is 5.91 Å². The molecule has 0 aliphatic rings. The summed E-state index contributed by atoms with van der Waals surface area (Å²) in [5, 5.41) is 7.23. The van der Waals surface area contributed by atoms with Gasteiger partial charge in [0.1, 0.15) is 0 Å². The van der Waals surface area contributed by atoms with E-state index in [2.05, 4.69) is 58.4 Å². The van der Waals surface area contributed by atoms with Crippen LogP contribution in [0.2, 0.25) is 0 Å². The number of halogens is 1. The number of para-hydroxylation sites is 1. The first-order chi connectivity index (χ1) is 11.5. The number of rotatable bonds is 3. The fourth-order valence-electron chi connectivity index (χ4n) is 2.50. The Kier molecular flexibility index (Phi) is 4.53. The molecule has 5 heteroatoms. The lowest BCUT2D eigenvalue weighted by Gasteiger charge is -2.05. The Hall–Kier alpha value is -2.40. The zero-order chi connectivity index (χ0) is 17.3. The smallest absolute Gasteiger partial charge is 0.276 e. The van der Waals surface area contributed by atoms with Gasteiger partial charge in [-0.15, -0.1) is 0 Å². The molecular formula is C19H18BrN3O. The van der Waals surface area contributed by atoms with Gasteiger partial charge in [0.2, 0.25) is 0 Å². The second-order valence-corrected chi connectivity index (χ2v) is 6.63. The van der Waals surface area contributed by atoms with Gasteiger partial charge in [-0.05, 0) is 65.2 Å². The van der Waals surface area contributed by atoms with E-state index in [1.165, 1.54) is 11.1 Å². The molecule has 1 aromatic heterocycles. The van der Waals surface area contributed by atoms with Crippen molar-refractivity contribution in [3.8, 4) is 11.3 Å². The van der Waals surface area contributed by atoms with Crippen LogP contribution < -0.4 is 5.32 Å². The van der Waals surface area contributed by atoms with Crippen LogP contribution >= 0.6 is 15.9 Å². The van der Waals surface area contributed by atoms with Gasteiger partial charge in [-0.25, -0.2) is 0 Å². The second kappa shape index (κ2) is 6.61. The molecule has 0 aliphatic heterocycles. The summed E-state index contributed by atoms with van der Waals surface area (Å²) in [5.74, 6) is -0.229. The van der Waals surface area contributed by atoms with Crippen molar-refractivity contribution in [3.63, 3.8) is 0 Å². The summed E-state index contributed by atoms with van der Waals surface area (Å²) in [6.45, 7) is 4.16. The highest BCUT2D eigenvalue weighted by Gasteiger charge is 2.15. The van der Waals surface area contributed by atoms with E-state index < -0.39 is 0 Å². The number of hydrogen-bond donors (Lipinski definition) is 1. The van der Waals surface area contributed by atoms with Crippen molar-refractivity contribution in [2.45, 2.75) is 13.8 Å². The summed E-state index contributed by atoms with van der Waals surface area (Å²) in [5.41, 5.74) is 5.53. The molecule has 0 saturated heterocycles. The summed E-state index contributed by atoms with van der Waals surface area (Å²) >= 11 is 3.43. The van der Waals surface area contributed by atoms with Crippen LogP contribution in [0.4, 0.5) is 5.69 Å². The lowest BCUT2D eigenvalue weighted by atomic mass is 10.0. The van der Waals surface area contributed by atoms with Crippen molar-refractivity contribution in [3.05, 3.63) is 69.8 Å². The van der Waals surface area contributed by atoms with Crippen molar-refractivity contribution < 1.29 is 4.79 Å². The zero-order valence-corrected chi connectivity index (χ0v) is 15.4. The van der Waals surface area contributed by atoms with E-state index in [-0.39, 0.29) is 5.91 Å². The van der Waals surface area contributed by atoms with Crippen LogP contribution in [-0.4, -0.2) is 15.7 Å². The van der Waals surface area contributed by atoms with Crippen LogP contribution in [0, 0.1) is 13.8 Å². The minimum absolute atomic E-state index is 0.229. The molecule has 2 aromatic carbocycles. The molecule has 0 spiro atoms. The van der Waals surface area contributed by atoms with Crippen molar-refractivity contribution in [1.29, 1.82) is 0 Å². The molecule has 1 heterocycles. The molecule has 0 fully saturated rings. The third kappa shape index (κ3) is 3.26. The maximum absolute atomic E-state index is 12.5. The Morgan fingerprint density at radius 3 is 2.54 bits per heavy atom. The zero-order valence-electron chi connectivity index (χ0n) is 13.8. The number of aromatic nitrogens is 2. The third-order valence-electron chi connectivity index (χ3n) is 4.04. The minimum atomic E-state index is -0.229. The van der Waals surface area contributed by atoms with Crippen molar-refractivity contribution in [2.75, 3.05) is 5.32 Å². The highest BCUT2D eigenvalue weighted by molar-refractivity contribution is 9.10. The molecular weight excluding hydrogens is 366 g/mol. The summed E-state index contributed by atoms with van der Waals surface area (Å²) in [7, 11) is 1.85. The van der Waals surface area contributed by atoms with Gasteiger partial charge in [0.15, 0.2) is 5.69 Å². The van der Waals surface area contributed by atoms with Gasteiger partial charge < -0.3 is 5.32 Å². The SMILES string of the molecule is Cc1ccc(-c2cc(C(=O)Nc3ccccc3Br)nn2C)cc1C. The summed E-state index contributed by atoms with van der Waals surface area (Å²) in [6.07, 6.45) is 0. The van der Waals surface area contributed by atoms with Gasteiger partial charge in [-0.1, -0.05) is 24.3 Å². The molecule has 0 bridgehead atoms. The number of amides is 1. The van der Waals surface area contributed by atoms with Crippen LogP contribution in [0.1, 0.15) is 21.6 Å². The van der Waals surface area contributed by atoms with Gasteiger partial charge in [0.05, 0.1) is 11.4 Å². The summed E-state index contributed by atoms with van der Waals surface area (Å²) in [6, 6.07) is 15.6. The lowest BCUT2D eigenvalue weighted by molar-refractivity contribution is 0.102. The lowest BCUT2D eigenvalue weighted by Crippen LogP contribution is -2.13. The first-order valence-electron chi connectivity index (χ1n) is 7.63. The molecule has 122 valence electrons. The van der Waals surface area contributed by atoms with E-state index in [0.717, 1.165) is 21.4 Å². The topological polar surface area (TPSA) is 46.9 Å². The Bertz CT molecular complexity index is 915. The third-order valence-corrected chi connectivity index (χ3v) is 4.73. The Balaban J connectivity index is 1.89. The van der Waals surface area contributed by atoms with Gasteiger partial charge in [-0.3, -0.25) is 9.48 Å². The molecule has 0 radical (unpaired) electrons. The number of hydrogen-bond acceptors (Lipinski definition) is 2. The highest BCUT2D eigenvalue weighted by Crippen LogP contribution is 2.24. The van der Waals surface area contributed by atoms with Crippen LogP contribution in [0.3, 0.4) is 0 Å². The maximum Gasteiger partial charge on any atom is 0.276 e. The standard InChI is InChI=1S/C19H18BrN3O/c1-12-8-9-14(10-13(12)2)18-11-17(22-23(18)3)19(24)21-16-7-5-4-6-15(16)20/h4-11H,1-3H3,(H,21,24). The Morgan fingerprint density at radius 1 is 1.08 bits per heavy atom. The molecule has 0 aliphatic carbocycles. The van der Waals surface area contributed by atoms with E-state index in [4.69, 9.17) is 0 Å². The quantitative estimate of drug-likeness (QED) is 0.711. The predicted molar refractivity (Wildman–Crippen MR) is 100 cm³/mol. The second-order valence-electron chi connectivity index (χ2n) is 5.77. The average Bonchev–Trinajstić information content (AvgIpc) is 2.94. The number of nitrogens with one attached hydrogen (secondary N) is 1. The van der Waals surface area contributed by atoms with E-state index in [0.29, 0.717) is 5.69 Å². The molecule has 0 saturated carbocycles. The molecule has 0 unspecified atom stereocenters. The number of nitrogens with zero attached hydrogens (tertiary/aromatic N) is 2. The molecule has 4 nitrogen and oxygen atoms in total. The van der Waals surface area contributed by atoms with Crippen LogP contribution in [0.15, 0.2) is 53.0 Å². The predicted octanol–water partition coefficient (Wildman–Crippen LogP) is 4.72. The van der Waals surface area contributed by atoms with Gasteiger partial charge in [-0.2, -0.15) is 5.10 Å². The van der Waals surface area contributed by atoms with Crippen LogP contribution in [0.5, 0.6) is 0 Å². The first kappa shape index (κ1) is 16.5. The molecule has 3 rings (SSSR count). The number of aryl methyl sites for hydroxylation is 3. The monoisotopic (exact) mass is 383 g/mol. The Morgan fingerprint density at radius 2 is 1.83 bits per heavy atom. The van der Waals surface area contributed by atoms with Crippen molar-refractivity contribution in [1.82, 2.24) is 9.78 Å². The first-order valence-corrected chi connectivity index (χ1v) is 8.42. The van der Waals surface area contributed by atoms with Gasteiger partial charge in [0, 0.05) is 17.1 Å². The average molecular weight is 384 g/mol. The molecule has 1 N–H and O–H groups in total. The molecule has 3 aromatic rings. The fourth-order valence-corrected chi connectivity index (χ4v) is 2.88. The molecule has 24 heavy (non-hydrogen) atoms. The number of benzene rings is 2. The minimum Gasteiger partial charge on any atom is -0.320 e. The fraction of sp³-hybridized carbons (Fsp3) is 0.158. The molecule has 1 amide bonds. The number of carbonyl (C=O) groups excluding carboxylic acids is 1. The molecule has 0 atom stereocenters. The van der Waals surface area contributed by atoms with Gasteiger partial charge >= 0.3 is 0 Å². The Labute approximate surface area is 149 Å².